The van der Waals surface area contributed by atoms with Crippen molar-refractivity contribution in [1.29, 1.82) is 0 Å². The van der Waals surface area contributed by atoms with Gasteiger partial charge in [0, 0.05) is 0 Å². The van der Waals surface area contributed by atoms with Crippen molar-refractivity contribution in [3.8, 4) is 5.82 Å². The monoisotopic (exact) mass is 211 g/mol. The standard InChI is InChI=1S/C8H7F2N5/c9-7(10)6-3-5(11)4-12-8(6)15-2-1-13-14-15/h1-4,7H,11H2. The summed E-state index contributed by atoms with van der Waals surface area (Å²) in [6, 6.07) is 1.18. The number of halogens is 2. The van der Waals surface area contributed by atoms with Gasteiger partial charge >= 0.3 is 0 Å². The predicted molar refractivity (Wildman–Crippen MR) is 48.5 cm³/mol. The summed E-state index contributed by atoms with van der Waals surface area (Å²) in [5.41, 5.74) is 5.30. The largest absolute Gasteiger partial charge is 0.397 e. The zero-order chi connectivity index (χ0) is 10.8. The summed E-state index contributed by atoms with van der Waals surface area (Å²) in [5.74, 6) is 0.0386. The second-order valence-corrected chi connectivity index (χ2v) is 2.83. The SMILES string of the molecule is Nc1cnc(-n2ccnn2)c(C(F)F)c1. The molecule has 0 aliphatic heterocycles. The number of aromatic nitrogens is 4. The maximum atomic E-state index is 12.6. The minimum absolute atomic E-state index is 0.0386. The Bertz CT molecular complexity index is 454. The third-order valence-corrected chi connectivity index (χ3v) is 1.79. The van der Waals surface area contributed by atoms with Crippen molar-refractivity contribution in [3.05, 3.63) is 30.2 Å². The Hall–Kier alpha value is -2.05. The van der Waals surface area contributed by atoms with E-state index in [0.29, 0.717) is 0 Å². The first kappa shape index (κ1) is 9.50. The number of rotatable bonds is 2. The average molecular weight is 211 g/mol. The Balaban J connectivity index is 2.56. The van der Waals surface area contributed by atoms with Crippen LogP contribution in [-0.2, 0) is 0 Å². The highest BCUT2D eigenvalue weighted by atomic mass is 19.3. The zero-order valence-corrected chi connectivity index (χ0v) is 7.51. The van der Waals surface area contributed by atoms with Gasteiger partial charge in [0.15, 0.2) is 5.82 Å². The maximum absolute atomic E-state index is 12.6. The van der Waals surface area contributed by atoms with Gasteiger partial charge in [-0.3, -0.25) is 0 Å². The lowest BCUT2D eigenvalue weighted by Gasteiger charge is -2.07. The minimum Gasteiger partial charge on any atom is -0.397 e. The van der Waals surface area contributed by atoms with Crippen LogP contribution in [0.4, 0.5) is 14.5 Å². The van der Waals surface area contributed by atoms with Crippen molar-refractivity contribution in [3.63, 3.8) is 0 Å². The molecular weight excluding hydrogens is 204 g/mol. The molecule has 0 unspecified atom stereocenters. The molecule has 5 nitrogen and oxygen atoms in total. The lowest BCUT2D eigenvalue weighted by molar-refractivity contribution is 0.150. The summed E-state index contributed by atoms with van der Waals surface area (Å²) in [4.78, 5) is 3.80. The number of pyridine rings is 1. The number of alkyl halides is 2. The van der Waals surface area contributed by atoms with Crippen molar-refractivity contribution >= 4 is 5.69 Å². The second-order valence-electron chi connectivity index (χ2n) is 2.83. The number of hydrogen-bond donors (Lipinski definition) is 1. The van der Waals surface area contributed by atoms with Crippen molar-refractivity contribution in [2.75, 3.05) is 5.73 Å². The number of hydrogen-bond acceptors (Lipinski definition) is 4. The molecule has 15 heavy (non-hydrogen) atoms. The minimum atomic E-state index is -2.65. The third kappa shape index (κ3) is 1.76. The van der Waals surface area contributed by atoms with Crippen LogP contribution in [0.25, 0.3) is 5.82 Å². The lowest BCUT2D eigenvalue weighted by atomic mass is 10.2. The first-order chi connectivity index (χ1) is 7.18. The summed E-state index contributed by atoms with van der Waals surface area (Å²) in [6.07, 6.45) is 1.46. The van der Waals surface area contributed by atoms with Crippen LogP contribution in [0, 0.1) is 0 Å². The normalized spacial score (nSPS) is 10.9. The van der Waals surface area contributed by atoms with Gasteiger partial charge in [0.25, 0.3) is 6.43 Å². The molecule has 2 rings (SSSR count). The molecule has 2 aromatic rings. The molecule has 0 amide bonds. The number of nitrogens with zero attached hydrogens (tertiary/aromatic N) is 4. The zero-order valence-electron chi connectivity index (χ0n) is 7.51. The Kier molecular flexibility index (Phi) is 2.28. The van der Waals surface area contributed by atoms with Crippen molar-refractivity contribution in [2.45, 2.75) is 6.43 Å². The summed E-state index contributed by atoms with van der Waals surface area (Å²) >= 11 is 0. The molecule has 7 heteroatoms. The van der Waals surface area contributed by atoms with Gasteiger partial charge in [-0.15, -0.1) is 5.10 Å². The lowest BCUT2D eigenvalue weighted by Crippen LogP contribution is -2.05. The first-order valence-corrected chi connectivity index (χ1v) is 4.08. The summed E-state index contributed by atoms with van der Waals surface area (Å²) in [7, 11) is 0. The number of nitrogen functional groups attached to an aromatic ring is 1. The highest BCUT2D eigenvalue weighted by molar-refractivity contribution is 5.45. The van der Waals surface area contributed by atoms with Crippen molar-refractivity contribution < 1.29 is 8.78 Å². The van der Waals surface area contributed by atoms with Gasteiger partial charge in [-0.1, -0.05) is 5.21 Å². The van der Waals surface area contributed by atoms with E-state index in [1.807, 2.05) is 0 Å². The molecule has 0 aromatic carbocycles. The Labute approximate surface area is 83.5 Å². The van der Waals surface area contributed by atoms with Gasteiger partial charge in [0.05, 0.1) is 29.8 Å². The highest BCUT2D eigenvalue weighted by Crippen LogP contribution is 2.25. The van der Waals surface area contributed by atoms with Crippen LogP contribution >= 0.6 is 0 Å². The molecule has 0 radical (unpaired) electrons. The van der Waals surface area contributed by atoms with E-state index in [2.05, 4.69) is 15.3 Å². The van der Waals surface area contributed by atoms with E-state index in [1.165, 1.54) is 29.3 Å². The molecule has 0 fully saturated rings. The van der Waals surface area contributed by atoms with Crippen LogP contribution in [0.2, 0.25) is 0 Å². The topological polar surface area (TPSA) is 69.6 Å². The predicted octanol–water partition coefficient (Wildman–Crippen LogP) is 1.18. The van der Waals surface area contributed by atoms with Gasteiger partial charge in [-0.2, -0.15) is 0 Å². The molecule has 2 aromatic heterocycles. The van der Waals surface area contributed by atoms with Gasteiger partial charge in [-0.05, 0) is 6.07 Å². The summed E-state index contributed by atoms with van der Waals surface area (Å²) < 4.78 is 26.5. The fourth-order valence-corrected chi connectivity index (χ4v) is 1.16. The molecule has 0 saturated carbocycles. The number of nitrogens with two attached hydrogens (primary N) is 1. The smallest absolute Gasteiger partial charge is 0.267 e. The van der Waals surface area contributed by atoms with E-state index in [0.717, 1.165) is 0 Å². The second kappa shape index (κ2) is 3.60. The van der Waals surface area contributed by atoms with Gasteiger partial charge in [0.1, 0.15) is 0 Å². The van der Waals surface area contributed by atoms with Crippen LogP contribution in [-0.4, -0.2) is 20.0 Å². The summed E-state index contributed by atoms with van der Waals surface area (Å²) in [6.45, 7) is 0. The Morgan fingerprint density at radius 2 is 2.20 bits per heavy atom. The molecule has 2 N–H and O–H groups in total. The molecule has 78 valence electrons. The third-order valence-electron chi connectivity index (χ3n) is 1.79. The van der Waals surface area contributed by atoms with Gasteiger partial charge < -0.3 is 5.73 Å². The molecule has 0 atom stereocenters. The highest BCUT2D eigenvalue weighted by Gasteiger charge is 2.16. The van der Waals surface area contributed by atoms with E-state index in [4.69, 9.17) is 5.73 Å². The molecule has 2 heterocycles. The Morgan fingerprint density at radius 1 is 1.40 bits per heavy atom. The van der Waals surface area contributed by atoms with Crippen molar-refractivity contribution in [1.82, 2.24) is 20.0 Å². The van der Waals surface area contributed by atoms with Crippen LogP contribution < -0.4 is 5.73 Å². The maximum Gasteiger partial charge on any atom is 0.267 e. The van der Waals surface area contributed by atoms with E-state index in [9.17, 15) is 8.78 Å². The van der Waals surface area contributed by atoms with E-state index in [1.54, 1.807) is 0 Å². The molecule has 0 aliphatic carbocycles. The number of anilines is 1. The van der Waals surface area contributed by atoms with E-state index >= 15 is 0 Å². The molecule has 0 aliphatic rings. The van der Waals surface area contributed by atoms with E-state index < -0.39 is 6.43 Å². The molecule has 0 spiro atoms. The van der Waals surface area contributed by atoms with E-state index in [-0.39, 0.29) is 17.1 Å². The average Bonchev–Trinajstić information content (AvgIpc) is 2.70. The molecule has 0 saturated heterocycles. The molecular formula is C8H7F2N5. The van der Waals surface area contributed by atoms with Gasteiger partial charge in [-0.25, -0.2) is 18.4 Å². The Morgan fingerprint density at radius 3 is 2.80 bits per heavy atom. The molecule has 0 bridgehead atoms. The fourth-order valence-electron chi connectivity index (χ4n) is 1.16. The quantitative estimate of drug-likeness (QED) is 0.809. The van der Waals surface area contributed by atoms with Crippen LogP contribution in [0.1, 0.15) is 12.0 Å². The van der Waals surface area contributed by atoms with Crippen LogP contribution in [0.5, 0.6) is 0 Å². The van der Waals surface area contributed by atoms with Crippen LogP contribution in [0.3, 0.4) is 0 Å². The van der Waals surface area contributed by atoms with Gasteiger partial charge in [0.2, 0.25) is 0 Å². The summed E-state index contributed by atoms with van der Waals surface area (Å²) in [5, 5.41) is 7.11. The van der Waals surface area contributed by atoms with Crippen LogP contribution in [0.15, 0.2) is 24.7 Å². The first-order valence-electron chi connectivity index (χ1n) is 4.08. The van der Waals surface area contributed by atoms with Crippen molar-refractivity contribution in [2.24, 2.45) is 0 Å². The fraction of sp³-hybridized carbons (Fsp3) is 0.125.